The number of rotatable bonds is 5. The van der Waals surface area contributed by atoms with E-state index in [2.05, 4.69) is 39.6 Å². The van der Waals surface area contributed by atoms with Gasteiger partial charge < -0.3 is 15.4 Å². The minimum Gasteiger partial charge on any atom is -0.488 e. The van der Waals surface area contributed by atoms with Gasteiger partial charge in [-0.3, -0.25) is 9.89 Å². The van der Waals surface area contributed by atoms with Gasteiger partial charge in [-0.1, -0.05) is 31.5 Å². The Hall–Kier alpha value is -1.02. The largest absolute Gasteiger partial charge is 0.488 e. The van der Waals surface area contributed by atoms with Crippen molar-refractivity contribution in [3.05, 3.63) is 29.8 Å². The molecule has 2 unspecified atom stereocenters. The van der Waals surface area contributed by atoms with E-state index >= 15 is 0 Å². The Morgan fingerprint density at radius 3 is 2.80 bits per heavy atom. The third-order valence-corrected chi connectivity index (χ3v) is 5.09. The second-order valence-corrected chi connectivity index (χ2v) is 6.66. The van der Waals surface area contributed by atoms with Gasteiger partial charge in [-0.15, -0.1) is 24.0 Å². The van der Waals surface area contributed by atoms with Crippen LogP contribution in [0.1, 0.15) is 31.7 Å². The molecule has 1 aromatic carbocycles. The van der Waals surface area contributed by atoms with E-state index in [1.807, 2.05) is 19.2 Å². The summed E-state index contributed by atoms with van der Waals surface area (Å²) in [4.78, 5) is 6.92. The molecule has 0 aromatic heterocycles. The summed E-state index contributed by atoms with van der Waals surface area (Å²) in [5.74, 6) is 1.89. The molecule has 0 aliphatic carbocycles. The van der Waals surface area contributed by atoms with Crippen LogP contribution >= 0.6 is 24.0 Å². The molecule has 2 heterocycles. The van der Waals surface area contributed by atoms with Crippen molar-refractivity contribution in [1.29, 1.82) is 0 Å². The molecule has 2 aliphatic rings. The van der Waals surface area contributed by atoms with Crippen LogP contribution in [0.4, 0.5) is 0 Å². The predicted octanol–water partition coefficient (Wildman–Crippen LogP) is 2.65. The topological polar surface area (TPSA) is 48.9 Å². The van der Waals surface area contributed by atoms with Crippen LogP contribution in [0.15, 0.2) is 29.3 Å². The molecule has 0 amide bonds. The Bertz CT molecular complexity index is 541. The molecular weight excluding hydrogens is 427 g/mol. The number of likely N-dealkylation sites (tertiary alicyclic amines) is 1. The maximum atomic E-state index is 5.98. The number of hydrogen-bond donors (Lipinski definition) is 2. The quantitative estimate of drug-likeness (QED) is 0.405. The van der Waals surface area contributed by atoms with Crippen molar-refractivity contribution < 1.29 is 4.74 Å². The molecule has 0 saturated carbocycles. The molecule has 1 saturated heterocycles. The lowest BCUT2D eigenvalue weighted by atomic mass is 10.0. The highest BCUT2D eigenvalue weighted by molar-refractivity contribution is 14.0. The van der Waals surface area contributed by atoms with Gasteiger partial charge in [0.15, 0.2) is 5.96 Å². The van der Waals surface area contributed by atoms with Gasteiger partial charge in [0.05, 0.1) is 6.54 Å². The van der Waals surface area contributed by atoms with Crippen LogP contribution < -0.4 is 15.4 Å². The highest BCUT2D eigenvalue weighted by Gasteiger charge is 2.23. The van der Waals surface area contributed by atoms with Gasteiger partial charge in [0, 0.05) is 26.1 Å². The van der Waals surface area contributed by atoms with Gasteiger partial charge >= 0.3 is 0 Å². The molecule has 0 spiro atoms. The first kappa shape index (κ1) is 20.3. The number of aliphatic imine (C=N–C) groups is 1. The molecule has 140 valence electrons. The molecule has 25 heavy (non-hydrogen) atoms. The average Bonchev–Trinajstić information content (AvgIpc) is 3.05. The van der Waals surface area contributed by atoms with Gasteiger partial charge in [-0.2, -0.15) is 0 Å². The smallest absolute Gasteiger partial charge is 0.191 e. The van der Waals surface area contributed by atoms with Crippen molar-refractivity contribution >= 4 is 29.9 Å². The summed E-state index contributed by atoms with van der Waals surface area (Å²) in [6, 6.07) is 8.91. The van der Waals surface area contributed by atoms with Gasteiger partial charge in [-0.05, 0) is 37.6 Å². The first-order valence-electron chi connectivity index (χ1n) is 9.23. The number of halogens is 1. The zero-order chi connectivity index (χ0) is 16.8. The van der Waals surface area contributed by atoms with E-state index in [-0.39, 0.29) is 30.1 Å². The molecule has 2 aliphatic heterocycles. The fraction of sp³-hybridized carbons (Fsp3) is 0.632. The fourth-order valence-electron chi connectivity index (χ4n) is 3.72. The number of ether oxygens (including phenoxy) is 1. The predicted molar refractivity (Wildman–Crippen MR) is 114 cm³/mol. The Labute approximate surface area is 168 Å². The molecular formula is C19H31IN4O. The lowest BCUT2D eigenvalue weighted by Crippen LogP contribution is -2.50. The fourth-order valence-corrected chi connectivity index (χ4v) is 3.72. The Kier molecular flexibility index (Phi) is 8.29. The molecule has 2 N–H and O–H groups in total. The lowest BCUT2D eigenvalue weighted by molar-refractivity contribution is 0.157. The summed E-state index contributed by atoms with van der Waals surface area (Å²) in [6.07, 6.45) is 5.09. The number of fused-ring (bicyclic) bond motifs is 1. The van der Waals surface area contributed by atoms with E-state index in [0.717, 1.165) is 37.8 Å². The van der Waals surface area contributed by atoms with E-state index in [4.69, 9.17) is 4.74 Å². The van der Waals surface area contributed by atoms with Crippen LogP contribution in [-0.2, 0) is 6.42 Å². The molecule has 2 atom stereocenters. The number of benzene rings is 1. The maximum Gasteiger partial charge on any atom is 0.191 e. The maximum absolute atomic E-state index is 5.98. The van der Waals surface area contributed by atoms with Crippen molar-refractivity contribution in [2.24, 2.45) is 4.99 Å². The minimum atomic E-state index is 0. The standard InChI is InChI=1S/C19H30N4O.HI/c1-3-23-11-7-6-9-16(23)13-21-19(20-2)22-14-17-12-15-8-4-5-10-18(15)24-17;/h4-5,8,10,16-17H,3,6-7,9,11-14H2,1-2H3,(H2,20,21,22);1H. The zero-order valence-corrected chi connectivity index (χ0v) is 17.7. The van der Waals surface area contributed by atoms with Crippen molar-refractivity contribution in [3.8, 4) is 5.75 Å². The Morgan fingerprint density at radius 2 is 2.04 bits per heavy atom. The summed E-state index contributed by atoms with van der Waals surface area (Å²) >= 11 is 0. The summed E-state index contributed by atoms with van der Waals surface area (Å²) in [5, 5.41) is 6.90. The van der Waals surface area contributed by atoms with Crippen LogP contribution in [-0.4, -0.2) is 56.2 Å². The van der Waals surface area contributed by atoms with Gasteiger partial charge in [0.2, 0.25) is 0 Å². The molecule has 5 nitrogen and oxygen atoms in total. The monoisotopic (exact) mass is 458 g/mol. The number of nitrogens with zero attached hydrogens (tertiary/aromatic N) is 2. The molecule has 0 radical (unpaired) electrons. The number of guanidine groups is 1. The first-order valence-corrected chi connectivity index (χ1v) is 9.23. The highest BCUT2D eigenvalue weighted by Crippen LogP contribution is 2.27. The second kappa shape index (κ2) is 10.2. The van der Waals surface area contributed by atoms with Gasteiger partial charge in [0.1, 0.15) is 11.9 Å². The lowest BCUT2D eigenvalue weighted by Gasteiger charge is -2.35. The highest BCUT2D eigenvalue weighted by atomic mass is 127. The number of nitrogens with one attached hydrogen (secondary N) is 2. The summed E-state index contributed by atoms with van der Waals surface area (Å²) < 4.78 is 5.98. The van der Waals surface area contributed by atoms with E-state index in [1.54, 1.807) is 0 Å². The van der Waals surface area contributed by atoms with Crippen LogP contribution in [0.5, 0.6) is 5.75 Å². The summed E-state index contributed by atoms with van der Waals surface area (Å²) in [5.41, 5.74) is 1.30. The summed E-state index contributed by atoms with van der Waals surface area (Å²) in [6.45, 7) is 6.34. The molecule has 1 aromatic rings. The molecule has 1 fully saturated rings. The van der Waals surface area contributed by atoms with Crippen molar-refractivity contribution in [2.75, 3.05) is 33.2 Å². The van der Waals surface area contributed by atoms with E-state index in [1.165, 1.54) is 31.4 Å². The average molecular weight is 458 g/mol. The second-order valence-electron chi connectivity index (χ2n) is 6.66. The van der Waals surface area contributed by atoms with E-state index in [0.29, 0.717) is 6.04 Å². The Balaban J connectivity index is 0.00000225. The van der Waals surface area contributed by atoms with Crippen LogP contribution in [0, 0.1) is 0 Å². The van der Waals surface area contributed by atoms with Crippen molar-refractivity contribution in [1.82, 2.24) is 15.5 Å². The van der Waals surface area contributed by atoms with E-state index in [9.17, 15) is 0 Å². The van der Waals surface area contributed by atoms with Crippen LogP contribution in [0.25, 0.3) is 0 Å². The Morgan fingerprint density at radius 1 is 1.24 bits per heavy atom. The molecule has 3 rings (SSSR count). The van der Waals surface area contributed by atoms with Crippen LogP contribution in [0.3, 0.4) is 0 Å². The number of para-hydroxylation sites is 1. The molecule has 0 bridgehead atoms. The van der Waals surface area contributed by atoms with Gasteiger partial charge in [0.25, 0.3) is 0 Å². The third kappa shape index (κ3) is 5.48. The number of piperidine rings is 1. The summed E-state index contributed by atoms with van der Waals surface area (Å²) in [7, 11) is 1.83. The molecule has 6 heteroatoms. The third-order valence-electron chi connectivity index (χ3n) is 5.09. The van der Waals surface area contributed by atoms with Crippen molar-refractivity contribution in [2.45, 2.75) is 44.8 Å². The van der Waals surface area contributed by atoms with Crippen LogP contribution in [0.2, 0.25) is 0 Å². The van der Waals surface area contributed by atoms with Gasteiger partial charge in [-0.25, -0.2) is 0 Å². The zero-order valence-electron chi connectivity index (χ0n) is 15.3. The normalized spacial score (nSPS) is 23.4. The van der Waals surface area contributed by atoms with E-state index < -0.39 is 0 Å². The van der Waals surface area contributed by atoms with Crippen molar-refractivity contribution in [3.63, 3.8) is 0 Å². The first-order chi connectivity index (χ1) is 11.8. The minimum absolute atomic E-state index is 0. The number of likely N-dealkylation sites (N-methyl/N-ethyl adjacent to an activating group) is 1. The number of hydrogen-bond acceptors (Lipinski definition) is 3. The SMILES string of the molecule is CCN1CCCCC1CNC(=NC)NCC1Cc2ccccc2O1.I.